The normalized spacial score (nSPS) is 20.8. The molecule has 0 radical (unpaired) electrons. The predicted molar refractivity (Wildman–Crippen MR) is 158 cm³/mol. The first-order valence-electron chi connectivity index (χ1n) is 12.5. The van der Waals surface area contributed by atoms with E-state index in [1.807, 2.05) is 0 Å². The molecule has 2 saturated carbocycles. The summed E-state index contributed by atoms with van der Waals surface area (Å²) in [4.78, 5) is 46.9. The van der Waals surface area contributed by atoms with Crippen LogP contribution < -0.4 is 10.6 Å². The number of carbonyl (C=O) groups excluding carboxylic acids is 2. The maximum absolute atomic E-state index is 12.3. The molecule has 2 aromatic carbocycles. The number of rotatable bonds is 14. The van der Waals surface area contributed by atoms with Crippen LogP contribution in [0, 0.1) is 11.8 Å². The first kappa shape index (κ1) is 32.1. The number of aliphatic carboxylic acids is 2. The van der Waals surface area contributed by atoms with E-state index in [0.29, 0.717) is 32.7 Å². The molecule has 0 aliphatic heterocycles. The molecule has 41 heavy (non-hydrogen) atoms. The summed E-state index contributed by atoms with van der Waals surface area (Å²) in [5.41, 5.74) is 1.48. The van der Waals surface area contributed by atoms with Crippen LogP contribution in [-0.2, 0) is 22.8 Å². The van der Waals surface area contributed by atoms with E-state index >= 15 is 0 Å². The molecular formula is C26H24Cl4N2O7S2. The smallest absolute Gasteiger partial charge is 0.305 e. The van der Waals surface area contributed by atoms with Crippen molar-refractivity contribution in [3.8, 4) is 0 Å². The number of carboxylic acid groups (broad SMARTS) is 2. The Morgan fingerprint density at radius 2 is 1.10 bits per heavy atom. The van der Waals surface area contributed by atoms with Crippen LogP contribution in [0.25, 0.3) is 0 Å². The highest BCUT2D eigenvalue weighted by Gasteiger charge is 2.46. The fourth-order valence-corrected chi connectivity index (χ4v) is 6.96. The third-order valence-electron chi connectivity index (χ3n) is 6.73. The van der Waals surface area contributed by atoms with Crippen molar-refractivity contribution in [3.05, 3.63) is 55.5 Å². The number of amides is 2. The van der Waals surface area contributed by atoms with Crippen LogP contribution in [-0.4, -0.2) is 47.1 Å². The zero-order valence-electron chi connectivity index (χ0n) is 21.1. The van der Waals surface area contributed by atoms with Gasteiger partial charge in [0, 0.05) is 49.0 Å². The summed E-state index contributed by atoms with van der Waals surface area (Å²) in [7, 11) is 0. The monoisotopic (exact) mass is 680 g/mol. The van der Waals surface area contributed by atoms with Gasteiger partial charge in [0.05, 0.1) is 42.7 Å². The standard InChI is InChI=1S/C26H24Cl4N2O7S2/c27-21-11(13-9-15(13)25(37)31-7-5-19(33)34)1-3-17(23(21)29)40-39-41-18-4-2-12(22(28)24(18)30)14-10-16(14)26(38)32-8-6-20(35)36/h1-4,13-16H,5-10H2,(H,31,37)(H,32,38)(H,33,34)(H,35,36). The van der Waals surface area contributed by atoms with E-state index in [1.54, 1.807) is 24.3 Å². The lowest BCUT2D eigenvalue weighted by molar-refractivity contribution is -0.138. The van der Waals surface area contributed by atoms with Crippen LogP contribution in [0.2, 0.25) is 20.1 Å². The Morgan fingerprint density at radius 3 is 1.46 bits per heavy atom. The van der Waals surface area contributed by atoms with Crippen LogP contribution >= 0.6 is 70.5 Å². The molecule has 0 heterocycles. The maximum Gasteiger partial charge on any atom is 0.305 e. The highest BCUT2D eigenvalue weighted by molar-refractivity contribution is 8.08. The van der Waals surface area contributed by atoms with Gasteiger partial charge in [-0.3, -0.25) is 19.2 Å². The molecule has 0 spiro atoms. The van der Waals surface area contributed by atoms with Gasteiger partial charge in [0.25, 0.3) is 0 Å². The van der Waals surface area contributed by atoms with Crippen molar-refractivity contribution in [2.75, 3.05) is 13.1 Å². The SMILES string of the molecule is O=C(O)CCNC(=O)C1CC1c1ccc(SOSc2ccc(C3CC3C(=O)NCCC(=O)O)c(Cl)c2Cl)c(Cl)c1Cl. The topological polar surface area (TPSA) is 142 Å². The summed E-state index contributed by atoms with van der Waals surface area (Å²) in [5, 5.41) is 23.9. The fourth-order valence-electron chi connectivity index (χ4n) is 4.39. The molecule has 2 fully saturated rings. The summed E-state index contributed by atoms with van der Waals surface area (Å²) in [5.74, 6) is -3.13. The number of halogens is 4. The van der Waals surface area contributed by atoms with Crippen molar-refractivity contribution in [3.63, 3.8) is 0 Å². The largest absolute Gasteiger partial charge is 0.481 e. The molecule has 4 N–H and O–H groups in total. The minimum Gasteiger partial charge on any atom is -0.481 e. The summed E-state index contributed by atoms with van der Waals surface area (Å²) in [6.45, 7) is 0.145. The lowest BCUT2D eigenvalue weighted by Gasteiger charge is -2.12. The van der Waals surface area contributed by atoms with Gasteiger partial charge in [-0.15, -0.1) is 0 Å². The first-order chi connectivity index (χ1) is 19.5. The van der Waals surface area contributed by atoms with E-state index in [-0.39, 0.29) is 71.5 Å². The van der Waals surface area contributed by atoms with Gasteiger partial charge in [-0.25, -0.2) is 3.63 Å². The number of hydrogen-bond acceptors (Lipinski definition) is 7. The van der Waals surface area contributed by atoms with Crippen LogP contribution in [0.1, 0.15) is 48.6 Å². The lowest BCUT2D eigenvalue weighted by Crippen LogP contribution is -2.27. The highest BCUT2D eigenvalue weighted by atomic mass is 35.5. The average Bonchev–Trinajstić information content (AvgIpc) is 3.83. The molecule has 4 unspecified atom stereocenters. The molecule has 0 aromatic heterocycles. The first-order valence-corrected chi connectivity index (χ1v) is 15.4. The Bertz CT molecular complexity index is 1280. The molecule has 2 aromatic rings. The molecule has 0 saturated heterocycles. The fraction of sp³-hybridized carbons (Fsp3) is 0.385. The Hall–Kier alpha value is -1.86. The molecule has 2 aliphatic rings. The summed E-state index contributed by atoms with van der Waals surface area (Å²) in [6.07, 6.45) is 0.914. The Balaban J connectivity index is 1.29. The second-order valence-electron chi connectivity index (χ2n) is 9.56. The molecule has 4 atom stereocenters. The van der Waals surface area contributed by atoms with E-state index in [0.717, 1.165) is 35.2 Å². The van der Waals surface area contributed by atoms with Gasteiger partial charge >= 0.3 is 11.9 Å². The van der Waals surface area contributed by atoms with Crippen molar-refractivity contribution < 1.29 is 33.0 Å². The average molecular weight is 682 g/mol. The quantitative estimate of drug-likeness (QED) is 0.166. The van der Waals surface area contributed by atoms with Gasteiger partial charge in [-0.05, 0) is 47.9 Å². The Morgan fingerprint density at radius 1 is 0.707 bits per heavy atom. The highest BCUT2D eigenvalue weighted by Crippen LogP contribution is 2.54. The third kappa shape index (κ3) is 8.16. The third-order valence-corrected chi connectivity index (χ3v) is 10.3. The zero-order chi connectivity index (χ0) is 29.8. The maximum atomic E-state index is 12.3. The second kappa shape index (κ2) is 14.1. The van der Waals surface area contributed by atoms with Crippen LogP contribution in [0.3, 0.4) is 0 Å². The van der Waals surface area contributed by atoms with Crippen LogP contribution in [0.15, 0.2) is 34.1 Å². The summed E-state index contributed by atoms with van der Waals surface area (Å²) >= 11 is 28.0. The van der Waals surface area contributed by atoms with Gasteiger partial charge in [0.2, 0.25) is 11.8 Å². The molecule has 2 amide bonds. The minimum atomic E-state index is -0.978. The molecule has 2 aliphatic carbocycles. The van der Waals surface area contributed by atoms with Gasteiger partial charge < -0.3 is 20.8 Å². The number of carbonyl (C=O) groups is 4. The Kier molecular flexibility index (Phi) is 11.0. The molecular weight excluding hydrogens is 658 g/mol. The van der Waals surface area contributed by atoms with Crippen molar-refractivity contribution in [2.24, 2.45) is 11.8 Å². The minimum absolute atomic E-state index is 0.0723. The summed E-state index contributed by atoms with van der Waals surface area (Å²) < 4.78 is 5.68. The van der Waals surface area contributed by atoms with Crippen molar-refractivity contribution >= 4 is 94.2 Å². The number of hydrogen-bond donors (Lipinski definition) is 4. The molecule has 0 bridgehead atoms. The number of benzene rings is 2. The number of nitrogens with one attached hydrogen (secondary N) is 2. The van der Waals surface area contributed by atoms with Gasteiger partial charge in [-0.2, -0.15) is 0 Å². The van der Waals surface area contributed by atoms with E-state index in [9.17, 15) is 19.2 Å². The van der Waals surface area contributed by atoms with Gasteiger partial charge in [0.1, 0.15) is 0 Å². The number of carboxylic acids is 2. The molecule has 220 valence electrons. The Labute approximate surface area is 264 Å². The molecule has 4 rings (SSSR count). The molecule has 15 heteroatoms. The predicted octanol–water partition coefficient (Wildman–Crippen LogP) is 6.42. The van der Waals surface area contributed by atoms with Gasteiger partial charge in [0.15, 0.2) is 0 Å². The summed E-state index contributed by atoms with van der Waals surface area (Å²) in [6, 6.07) is 7.09. The lowest BCUT2D eigenvalue weighted by atomic mass is 10.1. The van der Waals surface area contributed by atoms with Gasteiger partial charge in [-0.1, -0.05) is 58.5 Å². The van der Waals surface area contributed by atoms with E-state index in [2.05, 4.69) is 10.6 Å². The van der Waals surface area contributed by atoms with Crippen LogP contribution in [0.4, 0.5) is 0 Å². The zero-order valence-corrected chi connectivity index (χ0v) is 25.8. The van der Waals surface area contributed by atoms with Crippen LogP contribution in [0.5, 0.6) is 0 Å². The van der Waals surface area contributed by atoms with E-state index in [4.69, 9.17) is 60.2 Å². The van der Waals surface area contributed by atoms with E-state index < -0.39 is 11.9 Å². The van der Waals surface area contributed by atoms with Crippen molar-refractivity contribution in [1.29, 1.82) is 0 Å². The van der Waals surface area contributed by atoms with Crippen molar-refractivity contribution in [1.82, 2.24) is 10.6 Å². The van der Waals surface area contributed by atoms with E-state index in [1.165, 1.54) is 0 Å². The molecule has 9 nitrogen and oxygen atoms in total. The second-order valence-corrected chi connectivity index (χ2v) is 12.8. The van der Waals surface area contributed by atoms with Crippen molar-refractivity contribution in [2.45, 2.75) is 47.3 Å².